The van der Waals surface area contributed by atoms with Crippen LogP contribution >= 0.6 is 11.6 Å². The third kappa shape index (κ3) is 2.38. The summed E-state index contributed by atoms with van der Waals surface area (Å²) in [7, 11) is 0. The highest BCUT2D eigenvalue weighted by Gasteiger charge is 2.38. The second-order valence-electron chi connectivity index (χ2n) is 4.60. The molecule has 0 heterocycles. The summed E-state index contributed by atoms with van der Waals surface area (Å²) in [5, 5.41) is 22.9. The number of hydrogen-bond acceptors (Lipinski definition) is 4. The summed E-state index contributed by atoms with van der Waals surface area (Å²) in [6.45, 7) is 1.94. The Morgan fingerprint density at radius 2 is 2.17 bits per heavy atom. The molecule has 2 N–H and O–H groups in total. The number of nitro benzene ring substituents is 1. The third-order valence-corrected chi connectivity index (χ3v) is 3.24. The van der Waals surface area contributed by atoms with Crippen molar-refractivity contribution in [2.75, 3.05) is 5.32 Å². The van der Waals surface area contributed by atoms with E-state index in [4.69, 9.17) is 16.7 Å². The quantitative estimate of drug-likeness (QED) is 0.648. The minimum absolute atomic E-state index is 0.0507. The minimum atomic E-state index is -1.24. The van der Waals surface area contributed by atoms with Crippen molar-refractivity contribution in [3.8, 4) is 0 Å². The molecule has 0 aliphatic heterocycles. The van der Waals surface area contributed by atoms with Crippen LogP contribution in [0.2, 0.25) is 5.02 Å². The standard InChI is InChI=1S/C11H11ClN2O4/c1-11(2-3-11)13-9-7(10(15)16)4-6(14(17)18)5-8(9)12/h4-5,13H,2-3H2,1H3,(H,15,16). The van der Waals surface area contributed by atoms with Crippen LogP contribution in [0.1, 0.15) is 30.1 Å². The van der Waals surface area contributed by atoms with Crippen LogP contribution in [0.3, 0.4) is 0 Å². The lowest BCUT2D eigenvalue weighted by Gasteiger charge is -2.16. The molecule has 0 bridgehead atoms. The molecule has 2 rings (SSSR count). The van der Waals surface area contributed by atoms with Gasteiger partial charge in [-0.15, -0.1) is 0 Å². The molecular formula is C11H11ClN2O4. The summed E-state index contributed by atoms with van der Waals surface area (Å²) in [5.41, 5.74) is -0.426. The summed E-state index contributed by atoms with van der Waals surface area (Å²) in [4.78, 5) is 21.1. The fraction of sp³-hybridized carbons (Fsp3) is 0.364. The highest BCUT2D eigenvalue weighted by molar-refractivity contribution is 6.34. The van der Waals surface area contributed by atoms with Crippen LogP contribution < -0.4 is 5.32 Å². The van der Waals surface area contributed by atoms with Gasteiger partial charge in [0.2, 0.25) is 0 Å². The van der Waals surface area contributed by atoms with Gasteiger partial charge in [0.15, 0.2) is 0 Å². The molecule has 1 fully saturated rings. The fourth-order valence-electron chi connectivity index (χ4n) is 1.61. The van der Waals surface area contributed by atoms with Crippen LogP contribution in [-0.2, 0) is 0 Å². The number of anilines is 1. The van der Waals surface area contributed by atoms with Gasteiger partial charge >= 0.3 is 5.97 Å². The molecule has 0 radical (unpaired) electrons. The summed E-state index contributed by atoms with van der Waals surface area (Å²) >= 11 is 5.93. The number of non-ortho nitro benzene ring substituents is 1. The Labute approximate surface area is 108 Å². The van der Waals surface area contributed by atoms with Gasteiger partial charge in [-0.05, 0) is 19.8 Å². The van der Waals surface area contributed by atoms with Crippen LogP contribution in [-0.4, -0.2) is 21.5 Å². The molecule has 96 valence electrons. The smallest absolute Gasteiger partial charge is 0.338 e. The Morgan fingerprint density at radius 3 is 2.61 bits per heavy atom. The number of benzene rings is 1. The third-order valence-electron chi connectivity index (χ3n) is 2.94. The number of aromatic carboxylic acids is 1. The van der Waals surface area contributed by atoms with E-state index in [0.717, 1.165) is 25.0 Å². The molecule has 0 unspecified atom stereocenters. The molecule has 7 heteroatoms. The van der Waals surface area contributed by atoms with E-state index in [1.807, 2.05) is 6.92 Å². The minimum Gasteiger partial charge on any atom is -0.478 e. The number of carboxylic acid groups (broad SMARTS) is 1. The Hall–Kier alpha value is -1.82. The van der Waals surface area contributed by atoms with E-state index in [1.165, 1.54) is 0 Å². The maximum atomic E-state index is 11.1. The number of rotatable bonds is 4. The number of carboxylic acids is 1. The number of nitrogens with zero attached hydrogens (tertiary/aromatic N) is 1. The Balaban J connectivity index is 2.49. The molecule has 0 atom stereocenters. The molecule has 0 amide bonds. The largest absolute Gasteiger partial charge is 0.478 e. The van der Waals surface area contributed by atoms with E-state index in [2.05, 4.69) is 5.32 Å². The fourth-order valence-corrected chi connectivity index (χ4v) is 1.87. The maximum Gasteiger partial charge on any atom is 0.338 e. The van der Waals surface area contributed by atoms with Crippen molar-refractivity contribution < 1.29 is 14.8 Å². The second kappa shape index (κ2) is 4.13. The lowest BCUT2D eigenvalue weighted by molar-refractivity contribution is -0.384. The van der Waals surface area contributed by atoms with E-state index in [1.54, 1.807) is 0 Å². The summed E-state index contributed by atoms with van der Waals surface area (Å²) in [6.07, 6.45) is 1.83. The van der Waals surface area contributed by atoms with Crippen molar-refractivity contribution in [1.29, 1.82) is 0 Å². The first-order chi connectivity index (χ1) is 8.32. The topological polar surface area (TPSA) is 92.5 Å². The van der Waals surface area contributed by atoms with Crippen molar-refractivity contribution in [1.82, 2.24) is 0 Å². The first-order valence-corrected chi connectivity index (χ1v) is 5.70. The highest BCUT2D eigenvalue weighted by atomic mass is 35.5. The Kier molecular flexibility index (Phi) is 2.90. The van der Waals surface area contributed by atoms with Gasteiger partial charge in [0, 0.05) is 17.7 Å². The van der Waals surface area contributed by atoms with Gasteiger partial charge in [-0.1, -0.05) is 11.6 Å². The number of nitrogens with one attached hydrogen (secondary N) is 1. The van der Waals surface area contributed by atoms with E-state index < -0.39 is 10.9 Å². The normalized spacial score (nSPS) is 16.1. The van der Waals surface area contributed by atoms with Crippen LogP contribution in [0.25, 0.3) is 0 Å². The number of carbonyl (C=O) groups is 1. The van der Waals surface area contributed by atoms with Gasteiger partial charge < -0.3 is 10.4 Å². The molecule has 0 spiro atoms. The average molecular weight is 271 g/mol. The van der Waals surface area contributed by atoms with E-state index in [0.29, 0.717) is 0 Å². The zero-order valence-electron chi connectivity index (χ0n) is 9.57. The molecule has 0 saturated heterocycles. The SMILES string of the molecule is CC1(Nc2c(Cl)cc([N+](=O)[O-])cc2C(=O)O)CC1. The van der Waals surface area contributed by atoms with Crippen molar-refractivity contribution in [2.45, 2.75) is 25.3 Å². The molecular weight excluding hydrogens is 260 g/mol. The summed E-state index contributed by atoms with van der Waals surface area (Å²) < 4.78 is 0. The van der Waals surface area contributed by atoms with E-state index in [9.17, 15) is 14.9 Å². The lowest BCUT2D eigenvalue weighted by atomic mass is 10.1. The zero-order valence-corrected chi connectivity index (χ0v) is 10.3. The van der Waals surface area contributed by atoms with Gasteiger partial charge in [0.05, 0.1) is 21.2 Å². The molecule has 1 aliphatic rings. The average Bonchev–Trinajstić information content (AvgIpc) is 2.98. The highest BCUT2D eigenvalue weighted by Crippen LogP contribution is 2.42. The van der Waals surface area contributed by atoms with Gasteiger partial charge in [-0.3, -0.25) is 10.1 Å². The molecule has 1 aliphatic carbocycles. The Morgan fingerprint density at radius 1 is 1.56 bits per heavy atom. The van der Waals surface area contributed by atoms with Crippen LogP contribution in [0.15, 0.2) is 12.1 Å². The van der Waals surface area contributed by atoms with Crippen LogP contribution in [0.5, 0.6) is 0 Å². The molecule has 6 nitrogen and oxygen atoms in total. The molecule has 18 heavy (non-hydrogen) atoms. The van der Waals surface area contributed by atoms with Crippen LogP contribution in [0, 0.1) is 10.1 Å². The van der Waals surface area contributed by atoms with Crippen molar-refractivity contribution in [3.63, 3.8) is 0 Å². The van der Waals surface area contributed by atoms with Crippen molar-refractivity contribution >= 4 is 28.9 Å². The predicted molar refractivity (Wildman–Crippen MR) is 66.3 cm³/mol. The number of nitro groups is 1. The van der Waals surface area contributed by atoms with Gasteiger partial charge in [0.1, 0.15) is 0 Å². The summed E-state index contributed by atoms with van der Waals surface area (Å²) in [5.74, 6) is -1.24. The van der Waals surface area contributed by atoms with Gasteiger partial charge in [-0.25, -0.2) is 4.79 Å². The molecule has 1 saturated carbocycles. The number of hydrogen-bond donors (Lipinski definition) is 2. The first-order valence-electron chi connectivity index (χ1n) is 5.32. The predicted octanol–water partition coefficient (Wildman–Crippen LogP) is 2.91. The lowest BCUT2D eigenvalue weighted by Crippen LogP contribution is -2.19. The van der Waals surface area contributed by atoms with Crippen molar-refractivity contribution in [3.05, 3.63) is 32.8 Å². The zero-order chi connectivity index (χ0) is 13.5. The molecule has 1 aromatic rings. The van der Waals surface area contributed by atoms with Gasteiger partial charge in [0.25, 0.3) is 5.69 Å². The first kappa shape index (κ1) is 12.6. The summed E-state index contributed by atoms with van der Waals surface area (Å²) in [6, 6.07) is 2.17. The van der Waals surface area contributed by atoms with E-state index >= 15 is 0 Å². The second-order valence-corrected chi connectivity index (χ2v) is 5.01. The van der Waals surface area contributed by atoms with E-state index in [-0.39, 0.29) is 27.5 Å². The van der Waals surface area contributed by atoms with Gasteiger partial charge in [-0.2, -0.15) is 0 Å². The Bertz CT molecular complexity index is 540. The number of halogens is 1. The van der Waals surface area contributed by atoms with Crippen LogP contribution in [0.4, 0.5) is 11.4 Å². The monoisotopic (exact) mass is 270 g/mol. The van der Waals surface area contributed by atoms with Crippen molar-refractivity contribution in [2.24, 2.45) is 0 Å². The molecule has 0 aromatic heterocycles. The maximum absolute atomic E-state index is 11.1. The molecule has 1 aromatic carbocycles.